The largest absolute Gasteiger partial charge is 0.329 e. The molecular weight excluding hydrogens is 264 g/mol. The Morgan fingerprint density at radius 2 is 1.86 bits per heavy atom. The Morgan fingerprint density at radius 3 is 2.48 bits per heavy atom. The van der Waals surface area contributed by atoms with E-state index < -0.39 is 0 Å². The van der Waals surface area contributed by atoms with Gasteiger partial charge in [-0.15, -0.1) is 0 Å². The van der Waals surface area contributed by atoms with E-state index in [-0.39, 0.29) is 35.4 Å². The molecule has 0 aromatic carbocycles. The van der Waals surface area contributed by atoms with Gasteiger partial charge in [-0.05, 0) is 43.9 Å². The second kappa shape index (κ2) is 5.29. The van der Waals surface area contributed by atoms with Crippen molar-refractivity contribution in [3.63, 3.8) is 0 Å². The maximum Gasteiger partial charge on any atom is 0.246 e. The molecule has 4 heteroatoms. The van der Waals surface area contributed by atoms with E-state index in [1.165, 1.54) is 6.42 Å². The fourth-order valence-corrected chi connectivity index (χ4v) is 4.65. The quantitative estimate of drug-likeness (QED) is 0.785. The van der Waals surface area contributed by atoms with E-state index >= 15 is 0 Å². The Hall–Kier alpha value is -1.06. The highest BCUT2D eigenvalue weighted by molar-refractivity contribution is 5.97. The van der Waals surface area contributed by atoms with Crippen LogP contribution >= 0.6 is 0 Å². The lowest BCUT2D eigenvalue weighted by molar-refractivity contribution is -0.168. The molecule has 4 nitrogen and oxygen atoms in total. The molecular formula is C17H28N2O2. The highest BCUT2D eigenvalue weighted by atomic mass is 16.2. The molecule has 3 rings (SSSR count). The van der Waals surface area contributed by atoms with Gasteiger partial charge < -0.3 is 9.80 Å². The van der Waals surface area contributed by atoms with Crippen LogP contribution in [0.5, 0.6) is 0 Å². The van der Waals surface area contributed by atoms with Crippen molar-refractivity contribution in [1.82, 2.24) is 9.80 Å². The third-order valence-corrected chi connectivity index (χ3v) is 5.87. The zero-order valence-electron chi connectivity index (χ0n) is 13.6. The van der Waals surface area contributed by atoms with E-state index in [4.69, 9.17) is 0 Å². The zero-order valence-corrected chi connectivity index (χ0v) is 13.6. The van der Waals surface area contributed by atoms with E-state index in [1.807, 2.05) is 16.7 Å². The molecule has 21 heavy (non-hydrogen) atoms. The van der Waals surface area contributed by atoms with Gasteiger partial charge in [0.15, 0.2) is 0 Å². The first-order valence-electron chi connectivity index (χ1n) is 8.60. The Kier molecular flexibility index (Phi) is 3.74. The molecule has 0 radical (unpaired) electrons. The Bertz CT molecular complexity index is 446. The lowest BCUT2D eigenvalue weighted by Gasteiger charge is -2.51. The van der Waals surface area contributed by atoms with E-state index in [1.54, 1.807) is 0 Å². The topological polar surface area (TPSA) is 40.6 Å². The third kappa shape index (κ3) is 2.27. The highest BCUT2D eigenvalue weighted by Gasteiger charge is 2.51. The smallest absolute Gasteiger partial charge is 0.246 e. The molecule has 2 amide bonds. The summed E-state index contributed by atoms with van der Waals surface area (Å²) >= 11 is 0. The van der Waals surface area contributed by atoms with Gasteiger partial charge in [0.05, 0.1) is 0 Å². The number of nitrogens with zero attached hydrogens (tertiary/aromatic N) is 2. The van der Waals surface area contributed by atoms with Crippen molar-refractivity contribution in [2.24, 2.45) is 5.41 Å². The van der Waals surface area contributed by atoms with Crippen LogP contribution in [0, 0.1) is 5.41 Å². The van der Waals surface area contributed by atoms with Crippen LogP contribution in [-0.4, -0.2) is 46.3 Å². The lowest BCUT2D eigenvalue weighted by atomic mass is 9.83. The van der Waals surface area contributed by atoms with Crippen molar-refractivity contribution < 1.29 is 9.59 Å². The normalized spacial score (nSPS) is 36.0. The van der Waals surface area contributed by atoms with Crippen LogP contribution in [0.15, 0.2) is 0 Å². The van der Waals surface area contributed by atoms with Gasteiger partial charge >= 0.3 is 0 Å². The minimum Gasteiger partial charge on any atom is -0.329 e. The average Bonchev–Trinajstić information content (AvgIpc) is 2.82. The fourth-order valence-electron chi connectivity index (χ4n) is 4.65. The summed E-state index contributed by atoms with van der Waals surface area (Å²) in [5.41, 5.74) is 0.139. The molecule has 2 aliphatic heterocycles. The van der Waals surface area contributed by atoms with Crippen molar-refractivity contribution in [3.8, 4) is 0 Å². The number of piperidine rings is 1. The summed E-state index contributed by atoms with van der Waals surface area (Å²) in [7, 11) is 0. The van der Waals surface area contributed by atoms with Crippen LogP contribution in [0.3, 0.4) is 0 Å². The Morgan fingerprint density at radius 1 is 1.10 bits per heavy atom. The number of amides is 2. The zero-order chi connectivity index (χ0) is 15.2. The molecule has 3 unspecified atom stereocenters. The van der Waals surface area contributed by atoms with Gasteiger partial charge in [-0.2, -0.15) is 0 Å². The molecule has 3 atom stereocenters. The molecule has 0 aromatic heterocycles. The van der Waals surface area contributed by atoms with Gasteiger partial charge in [0.25, 0.3) is 0 Å². The van der Waals surface area contributed by atoms with Crippen LogP contribution in [0.4, 0.5) is 0 Å². The monoisotopic (exact) mass is 292 g/mol. The standard InChI is InChI=1S/C17H28N2O2/c1-4-12-15(20)18-11-6-5-8-13(18)16(21)19(12)14-9-7-10-17(14,2)3/h12-14H,4-11H2,1-3H3. The lowest BCUT2D eigenvalue weighted by Crippen LogP contribution is -2.68. The van der Waals surface area contributed by atoms with Crippen LogP contribution in [0.2, 0.25) is 0 Å². The predicted octanol–water partition coefficient (Wildman–Crippen LogP) is 2.57. The highest BCUT2D eigenvalue weighted by Crippen LogP contribution is 2.43. The molecule has 0 N–H and O–H groups in total. The Balaban J connectivity index is 1.94. The van der Waals surface area contributed by atoms with Crippen molar-refractivity contribution in [2.75, 3.05) is 6.54 Å². The van der Waals surface area contributed by atoms with E-state index in [0.717, 1.165) is 45.1 Å². The SMILES string of the molecule is CCC1C(=O)N2CCCCC2C(=O)N1C1CCCC1(C)C. The average molecular weight is 292 g/mol. The summed E-state index contributed by atoms with van der Waals surface area (Å²) in [6.45, 7) is 7.31. The molecule has 3 fully saturated rings. The first-order valence-corrected chi connectivity index (χ1v) is 8.60. The summed E-state index contributed by atoms with van der Waals surface area (Å²) in [6.07, 6.45) is 7.07. The number of hydrogen-bond donors (Lipinski definition) is 0. The van der Waals surface area contributed by atoms with Gasteiger partial charge in [0.2, 0.25) is 11.8 Å². The summed E-state index contributed by atoms with van der Waals surface area (Å²) in [6, 6.07) is -0.164. The van der Waals surface area contributed by atoms with Crippen molar-refractivity contribution in [3.05, 3.63) is 0 Å². The van der Waals surface area contributed by atoms with Gasteiger partial charge in [0.1, 0.15) is 12.1 Å². The number of rotatable bonds is 2. The van der Waals surface area contributed by atoms with Crippen molar-refractivity contribution in [1.29, 1.82) is 0 Å². The molecule has 0 spiro atoms. The second-order valence-corrected chi connectivity index (χ2v) is 7.61. The minimum atomic E-state index is -0.228. The van der Waals surface area contributed by atoms with E-state index in [0.29, 0.717) is 0 Å². The fraction of sp³-hybridized carbons (Fsp3) is 0.882. The second-order valence-electron chi connectivity index (χ2n) is 7.61. The van der Waals surface area contributed by atoms with Gasteiger partial charge in [0, 0.05) is 12.6 Å². The predicted molar refractivity (Wildman–Crippen MR) is 81.7 cm³/mol. The first kappa shape index (κ1) is 14.9. The summed E-state index contributed by atoms with van der Waals surface area (Å²) < 4.78 is 0. The van der Waals surface area contributed by atoms with Gasteiger partial charge in [-0.1, -0.05) is 27.2 Å². The van der Waals surface area contributed by atoms with Gasteiger partial charge in [-0.3, -0.25) is 9.59 Å². The van der Waals surface area contributed by atoms with E-state index in [9.17, 15) is 9.59 Å². The Labute approximate surface area is 127 Å². The number of carbonyl (C=O) groups excluding carboxylic acids is 2. The summed E-state index contributed by atoms with van der Waals surface area (Å²) in [5.74, 6) is 0.422. The number of piperazine rings is 1. The minimum absolute atomic E-state index is 0.139. The van der Waals surface area contributed by atoms with Crippen LogP contribution in [-0.2, 0) is 9.59 Å². The van der Waals surface area contributed by atoms with E-state index in [2.05, 4.69) is 13.8 Å². The molecule has 1 saturated carbocycles. The van der Waals surface area contributed by atoms with Crippen LogP contribution in [0.25, 0.3) is 0 Å². The molecule has 3 aliphatic rings. The van der Waals surface area contributed by atoms with Crippen molar-refractivity contribution >= 4 is 11.8 Å². The number of hydrogen-bond acceptors (Lipinski definition) is 2. The molecule has 0 bridgehead atoms. The summed E-state index contributed by atoms with van der Waals surface area (Å²) in [4.78, 5) is 29.8. The van der Waals surface area contributed by atoms with Crippen molar-refractivity contribution in [2.45, 2.75) is 83.8 Å². The molecule has 118 valence electrons. The molecule has 1 aliphatic carbocycles. The number of fused-ring (bicyclic) bond motifs is 1. The maximum atomic E-state index is 13.1. The number of carbonyl (C=O) groups is 2. The molecule has 2 saturated heterocycles. The van der Waals surface area contributed by atoms with Gasteiger partial charge in [-0.25, -0.2) is 0 Å². The summed E-state index contributed by atoms with van der Waals surface area (Å²) in [5, 5.41) is 0. The van der Waals surface area contributed by atoms with Crippen LogP contribution in [0.1, 0.15) is 65.7 Å². The molecule has 0 aromatic rings. The maximum absolute atomic E-state index is 13.1. The third-order valence-electron chi connectivity index (χ3n) is 5.87. The molecule has 2 heterocycles. The first-order chi connectivity index (χ1) is 9.97. The van der Waals surface area contributed by atoms with Crippen LogP contribution < -0.4 is 0 Å².